The summed E-state index contributed by atoms with van der Waals surface area (Å²) in [6.45, 7) is 7.06. The number of likely N-dealkylation sites (N-methyl/N-ethyl adjacent to an activating group) is 1. The second kappa shape index (κ2) is 8.74. The standard InChI is InChI=1S/C15H23ClN2O3/c1-5-18(6-2)7-8-21-15(19)11-9-12(16)13(17-3)10-14(11)20-4/h9-10,17H,5-8H2,1-4H3. The third-order valence-electron chi connectivity index (χ3n) is 3.31. The quantitative estimate of drug-likeness (QED) is 0.748. The van der Waals surface area contributed by atoms with E-state index in [0.717, 1.165) is 13.1 Å². The number of nitrogens with one attached hydrogen (secondary N) is 1. The molecule has 0 amide bonds. The van der Waals surface area contributed by atoms with E-state index in [1.807, 2.05) is 0 Å². The zero-order chi connectivity index (χ0) is 15.8. The van der Waals surface area contributed by atoms with Crippen molar-refractivity contribution in [1.29, 1.82) is 0 Å². The summed E-state index contributed by atoms with van der Waals surface area (Å²) in [5, 5.41) is 3.39. The van der Waals surface area contributed by atoms with Crippen LogP contribution in [0.15, 0.2) is 12.1 Å². The molecule has 0 aliphatic carbocycles. The van der Waals surface area contributed by atoms with Crippen molar-refractivity contribution in [2.75, 3.05) is 45.7 Å². The van der Waals surface area contributed by atoms with E-state index in [1.165, 1.54) is 7.11 Å². The predicted octanol–water partition coefficient (Wildman–Crippen LogP) is 2.89. The van der Waals surface area contributed by atoms with Gasteiger partial charge in [0.25, 0.3) is 0 Å². The molecule has 0 heterocycles. The normalized spacial score (nSPS) is 10.6. The number of hydrogen-bond donors (Lipinski definition) is 1. The zero-order valence-corrected chi connectivity index (χ0v) is 13.8. The van der Waals surface area contributed by atoms with Crippen molar-refractivity contribution in [3.8, 4) is 5.75 Å². The Morgan fingerprint density at radius 2 is 2.00 bits per heavy atom. The number of carbonyl (C=O) groups excluding carboxylic acids is 1. The number of carbonyl (C=O) groups is 1. The first kappa shape index (κ1) is 17.6. The minimum absolute atomic E-state index is 0.334. The number of nitrogens with zero attached hydrogens (tertiary/aromatic N) is 1. The lowest BCUT2D eigenvalue weighted by Gasteiger charge is -2.18. The number of esters is 1. The summed E-state index contributed by atoms with van der Waals surface area (Å²) >= 11 is 6.10. The molecule has 0 atom stereocenters. The van der Waals surface area contributed by atoms with E-state index in [0.29, 0.717) is 35.2 Å². The Kier molecular flexibility index (Phi) is 7.32. The molecule has 1 aromatic carbocycles. The molecule has 0 radical (unpaired) electrons. The van der Waals surface area contributed by atoms with Crippen LogP contribution in [-0.2, 0) is 4.74 Å². The third-order valence-corrected chi connectivity index (χ3v) is 3.63. The van der Waals surface area contributed by atoms with Crippen molar-refractivity contribution in [2.45, 2.75) is 13.8 Å². The van der Waals surface area contributed by atoms with Crippen LogP contribution in [0.4, 0.5) is 5.69 Å². The molecule has 0 unspecified atom stereocenters. The van der Waals surface area contributed by atoms with E-state index >= 15 is 0 Å². The van der Waals surface area contributed by atoms with Crippen molar-refractivity contribution < 1.29 is 14.3 Å². The highest BCUT2D eigenvalue weighted by Crippen LogP contribution is 2.31. The van der Waals surface area contributed by atoms with Gasteiger partial charge in [0, 0.05) is 19.7 Å². The second-order valence-electron chi connectivity index (χ2n) is 4.45. The van der Waals surface area contributed by atoms with Gasteiger partial charge in [-0.2, -0.15) is 0 Å². The summed E-state index contributed by atoms with van der Waals surface area (Å²) in [5.74, 6) is 0.0140. The summed E-state index contributed by atoms with van der Waals surface area (Å²) in [6.07, 6.45) is 0. The maximum absolute atomic E-state index is 12.1. The maximum atomic E-state index is 12.1. The van der Waals surface area contributed by atoms with Crippen LogP contribution in [0.5, 0.6) is 5.75 Å². The molecule has 21 heavy (non-hydrogen) atoms. The van der Waals surface area contributed by atoms with Gasteiger partial charge in [-0.05, 0) is 19.2 Å². The van der Waals surface area contributed by atoms with Gasteiger partial charge in [-0.15, -0.1) is 0 Å². The highest BCUT2D eigenvalue weighted by Gasteiger charge is 2.17. The van der Waals surface area contributed by atoms with Crippen molar-refractivity contribution in [3.63, 3.8) is 0 Å². The summed E-state index contributed by atoms with van der Waals surface area (Å²) in [6, 6.07) is 3.25. The van der Waals surface area contributed by atoms with E-state index in [-0.39, 0.29) is 0 Å². The van der Waals surface area contributed by atoms with Crippen LogP contribution in [-0.4, -0.2) is 51.3 Å². The Balaban J connectivity index is 2.75. The van der Waals surface area contributed by atoms with Gasteiger partial charge in [0.1, 0.15) is 17.9 Å². The van der Waals surface area contributed by atoms with Crippen molar-refractivity contribution in [1.82, 2.24) is 4.90 Å². The van der Waals surface area contributed by atoms with Crippen LogP contribution in [0.25, 0.3) is 0 Å². The van der Waals surface area contributed by atoms with Gasteiger partial charge in [-0.25, -0.2) is 4.79 Å². The lowest BCUT2D eigenvalue weighted by molar-refractivity contribution is 0.0463. The molecule has 0 spiro atoms. The van der Waals surface area contributed by atoms with Gasteiger partial charge in [0.2, 0.25) is 0 Å². The first-order valence-corrected chi connectivity index (χ1v) is 7.39. The van der Waals surface area contributed by atoms with Gasteiger partial charge in [-0.3, -0.25) is 0 Å². The molecular weight excluding hydrogens is 292 g/mol. The first-order valence-electron chi connectivity index (χ1n) is 7.02. The van der Waals surface area contributed by atoms with Gasteiger partial charge in [-0.1, -0.05) is 25.4 Å². The van der Waals surface area contributed by atoms with Crippen LogP contribution in [0.2, 0.25) is 5.02 Å². The lowest BCUT2D eigenvalue weighted by Crippen LogP contribution is -2.28. The molecule has 0 fully saturated rings. The van der Waals surface area contributed by atoms with Crippen molar-refractivity contribution >= 4 is 23.3 Å². The van der Waals surface area contributed by atoms with E-state index in [2.05, 4.69) is 24.1 Å². The van der Waals surface area contributed by atoms with E-state index in [1.54, 1.807) is 19.2 Å². The molecule has 0 aliphatic heterocycles. The summed E-state index contributed by atoms with van der Waals surface area (Å²) < 4.78 is 10.5. The molecule has 5 nitrogen and oxygen atoms in total. The number of benzene rings is 1. The van der Waals surface area contributed by atoms with Crippen molar-refractivity contribution in [2.24, 2.45) is 0 Å². The minimum Gasteiger partial charge on any atom is -0.496 e. The monoisotopic (exact) mass is 314 g/mol. The smallest absolute Gasteiger partial charge is 0.342 e. The Morgan fingerprint density at radius 1 is 1.33 bits per heavy atom. The molecule has 1 rings (SSSR count). The summed E-state index contributed by atoms with van der Waals surface area (Å²) in [7, 11) is 3.26. The molecule has 6 heteroatoms. The van der Waals surface area contributed by atoms with Crippen LogP contribution in [0, 0.1) is 0 Å². The van der Waals surface area contributed by atoms with Gasteiger partial charge in [0.15, 0.2) is 0 Å². The number of anilines is 1. The third kappa shape index (κ3) is 4.79. The number of methoxy groups -OCH3 is 1. The van der Waals surface area contributed by atoms with Gasteiger partial charge < -0.3 is 19.7 Å². The number of ether oxygens (including phenoxy) is 2. The Labute approximate surface area is 131 Å². The second-order valence-corrected chi connectivity index (χ2v) is 4.85. The number of halogens is 1. The van der Waals surface area contributed by atoms with Crippen LogP contribution in [0.3, 0.4) is 0 Å². The Hall–Kier alpha value is -1.46. The molecule has 0 bridgehead atoms. The number of hydrogen-bond acceptors (Lipinski definition) is 5. The highest BCUT2D eigenvalue weighted by atomic mass is 35.5. The SMILES string of the molecule is CCN(CC)CCOC(=O)c1cc(Cl)c(NC)cc1OC. The molecule has 0 saturated carbocycles. The highest BCUT2D eigenvalue weighted by molar-refractivity contribution is 6.33. The Bertz CT molecular complexity index is 476. The summed E-state index contributed by atoms with van der Waals surface area (Å²) in [4.78, 5) is 14.3. The fraction of sp³-hybridized carbons (Fsp3) is 0.533. The van der Waals surface area contributed by atoms with Crippen molar-refractivity contribution in [3.05, 3.63) is 22.7 Å². The zero-order valence-electron chi connectivity index (χ0n) is 13.0. The Morgan fingerprint density at radius 3 is 2.52 bits per heavy atom. The molecule has 1 N–H and O–H groups in total. The molecule has 0 aromatic heterocycles. The molecule has 1 aromatic rings. The van der Waals surface area contributed by atoms with Crippen LogP contribution in [0.1, 0.15) is 24.2 Å². The number of rotatable bonds is 8. The largest absolute Gasteiger partial charge is 0.496 e. The van der Waals surface area contributed by atoms with E-state index in [9.17, 15) is 4.79 Å². The maximum Gasteiger partial charge on any atom is 0.342 e. The van der Waals surface area contributed by atoms with Gasteiger partial charge in [0.05, 0.1) is 17.8 Å². The summed E-state index contributed by atoms with van der Waals surface area (Å²) in [5.41, 5.74) is 1.04. The van der Waals surface area contributed by atoms with E-state index < -0.39 is 5.97 Å². The molecular formula is C15H23ClN2O3. The topological polar surface area (TPSA) is 50.8 Å². The molecule has 118 valence electrons. The van der Waals surface area contributed by atoms with Crippen LogP contribution >= 0.6 is 11.6 Å². The van der Waals surface area contributed by atoms with Crippen LogP contribution < -0.4 is 10.1 Å². The fourth-order valence-corrected chi connectivity index (χ4v) is 2.22. The minimum atomic E-state index is -0.427. The predicted molar refractivity (Wildman–Crippen MR) is 85.6 cm³/mol. The average molecular weight is 315 g/mol. The lowest BCUT2D eigenvalue weighted by atomic mass is 10.2. The van der Waals surface area contributed by atoms with Gasteiger partial charge >= 0.3 is 5.97 Å². The fourth-order valence-electron chi connectivity index (χ4n) is 1.96. The first-order chi connectivity index (χ1) is 10.1. The average Bonchev–Trinajstić information content (AvgIpc) is 2.51. The molecule has 0 aliphatic rings. The molecule has 0 saturated heterocycles. The van der Waals surface area contributed by atoms with E-state index in [4.69, 9.17) is 21.1 Å².